The summed E-state index contributed by atoms with van der Waals surface area (Å²) in [6, 6.07) is 9.28. The van der Waals surface area contributed by atoms with Gasteiger partial charge in [-0.25, -0.2) is 4.90 Å². The Morgan fingerprint density at radius 3 is 2.43 bits per heavy atom. The standard InChI is InChI=1S/C19H13N5O5S/c1-2-15-21-22-19(30-15)20-16(25)10-3-8-13-14(9-10)18(27)23(17(13)26)11-4-6-12(7-5-11)24(28)29/h3-9H,2H2,1H3,(H,20,22,25). The summed E-state index contributed by atoms with van der Waals surface area (Å²) in [4.78, 5) is 49.2. The third-order valence-electron chi connectivity index (χ3n) is 4.46. The smallest absolute Gasteiger partial charge is 0.269 e. The molecule has 150 valence electrons. The maximum atomic E-state index is 12.8. The lowest BCUT2D eigenvalue weighted by atomic mass is 10.1. The van der Waals surface area contributed by atoms with Crippen LogP contribution in [0.15, 0.2) is 42.5 Å². The molecule has 3 amide bonds. The van der Waals surface area contributed by atoms with E-state index in [9.17, 15) is 24.5 Å². The zero-order valence-corrected chi connectivity index (χ0v) is 16.3. The molecule has 0 radical (unpaired) electrons. The number of rotatable bonds is 5. The number of nitro groups is 1. The second kappa shape index (κ2) is 7.44. The molecule has 0 spiro atoms. The van der Waals surface area contributed by atoms with Gasteiger partial charge in [0.2, 0.25) is 5.13 Å². The van der Waals surface area contributed by atoms with Gasteiger partial charge in [0.25, 0.3) is 23.4 Å². The summed E-state index contributed by atoms with van der Waals surface area (Å²) in [6.45, 7) is 1.92. The highest BCUT2D eigenvalue weighted by Gasteiger charge is 2.37. The molecule has 11 heteroatoms. The van der Waals surface area contributed by atoms with Crippen molar-refractivity contribution in [2.75, 3.05) is 10.2 Å². The first-order chi connectivity index (χ1) is 14.4. The average molecular weight is 423 g/mol. The largest absolute Gasteiger partial charge is 0.296 e. The number of fused-ring (bicyclic) bond motifs is 1. The van der Waals surface area contributed by atoms with E-state index in [0.717, 1.165) is 9.91 Å². The summed E-state index contributed by atoms with van der Waals surface area (Å²) in [5.74, 6) is -1.65. The molecule has 0 atom stereocenters. The number of hydrogen-bond donors (Lipinski definition) is 1. The second-order valence-corrected chi connectivity index (χ2v) is 7.35. The fourth-order valence-electron chi connectivity index (χ4n) is 2.96. The van der Waals surface area contributed by atoms with Crippen LogP contribution in [0.2, 0.25) is 0 Å². The SMILES string of the molecule is CCc1nnc(NC(=O)c2ccc3c(c2)C(=O)N(c2ccc([N+](=O)[O-])cc2)C3=O)s1. The highest BCUT2D eigenvalue weighted by Crippen LogP contribution is 2.30. The van der Waals surface area contributed by atoms with Gasteiger partial charge in [-0.3, -0.25) is 29.8 Å². The fraction of sp³-hybridized carbons (Fsp3) is 0.105. The van der Waals surface area contributed by atoms with Crippen LogP contribution in [0.5, 0.6) is 0 Å². The average Bonchev–Trinajstić information content (AvgIpc) is 3.30. The van der Waals surface area contributed by atoms with Crippen molar-refractivity contribution in [3.8, 4) is 0 Å². The molecule has 1 aliphatic rings. The van der Waals surface area contributed by atoms with Crippen LogP contribution in [0.1, 0.15) is 43.0 Å². The van der Waals surface area contributed by atoms with Gasteiger partial charge in [0.1, 0.15) is 5.01 Å². The van der Waals surface area contributed by atoms with Crippen LogP contribution in [0, 0.1) is 10.1 Å². The third-order valence-corrected chi connectivity index (χ3v) is 5.44. The predicted molar refractivity (Wildman–Crippen MR) is 108 cm³/mol. The Balaban J connectivity index is 1.59. The van der Waals surface area contributed by atoms with Crippen LogP contribution in [0.3, 0.4) is 0 Å². The van der Waals surface area contributed by atoms with E-state index in [1.807, 2.05) is 6.92 Å². The summed E-state index contributed by atoms with van der Waals surface area (Å²) in [5, 5.41) is 22.4. The number of benzene rings is 2. The Labute approximate surface area is 173 Å². The van der Waals surface area contributed by atoms with Crippen molar-refractivity contribution < 1.29 is 19.3 Å². The van der Waals surface area contributed by atoms with Crippen molar-refractivity contribution in [1.29, 1.82) is 0 Å². The Bertz CT molecular complexity index is 1200. The molecular formula is C19H13N5O5S. The van der Waals surface area contributed by atoms with Crippen molar-refractivity contribution >= 4 is 45.6 Å². The van der Waals surface area contributed by atoms with Crippen molar-refractivity contribution in [1.82, 2.24) is 10.2 Å². The van der Waals surface area contributed by atoms with Gasteiger partial charge in [-0.1, -0.05) is 18.3 Å². The first kappa shape index (κ1) is 19.3. The molecule has 4 rings (SSSR count). The molecule has 0 aliphatic carbocycles. The summed E-state index contributed by atoms with van der Waals surface area (Å²) < 4.78 is 0. The molecule has 2 aromatic carbocycles. The van der Waals surface area contributed by atoms with Crippen molar-refractivity contribution in [2.45, 2.75) is 13.3 Å². The van der Waals surface area contributed by atoms with Gasteiger partial charge in [-0.05, 0) is 36.8 Å². The van der Waals surface area contributed by atoms with E-state index < -0.39 is 22.6 Å². The van der Waals surface area contributed by atoms with E-state index in [4.69, 9.17) is 0 Å². The molecular weight excluding hydrogens is 410 g/mol. The summed E-state index contributed by atoms with van der Waals surface area (Å²) >= 11 is 1.25. The minimum absolute atomic E-state index is 0.0810. The molecule has 10 nitrogen and oxygen atoms in total. The van der Waals surface area contributed by atoms with Crippen LogP contribution < -0.4 is 10.2 Å². The zero-order chi connectivity index (χ0) is 21.4. The number of amides is 3. The summed E-state index contributed by atoms with van der Waals surface area (Å²) in [6.07, 6.45) is 0.696. The Kier molecular flexibility index (Phi) is 4.80. The molecule has 3 aromatic rings. The maximum absolute atomic E-state index is 12.8. The zero-order valence-electron chi connectivity index (χ0n) is 15.5. The number of carbonyl (C=O) groups is 3. The van der Waals surface area contributed by atoms with Crippen LogP contribution in [-0.2, 0) is 6.42 Å². The van der Waals surface area contributed by atoms with Crippen LogP contribution in [0.4, 0.5) is 16.5 Å². The van der Waals surface area contributed by atoms with Crippen molar-refractivity contribution in [3.63, 3.8) is 0 Å². The minimum atomic E-state index is -0.609. The first-order valence-corrected chi connectivity index (χ1v) is 9.61. The third kappa shape index (κ3) is 3.31. The van der Waals surface area contributed by atoms with Crippen molar-refractivity contribution in [2.24, 2.45) is 0 Å². The quantitative estimate of drug-likeness (QED) is 0.378. The lowest BCUT2D eigenvalue weighted by molar-refractivity contribution is -0.384. The number of nitro benzene ring substituents is 1. The number of anilines is 2. The molecule has 0 saturated carbocycles. The number of aromatic nitrogens is 2. The predicted octanol–water partition coefficient (Wildman–Crippen LogP) is 3.06. The lowest BCUT2D eigenvalue weighted by Crippen LogP contribution is -2.29. The Hall–Kier alpha value is -3.99. The Morgan fingerprint density at radius 1 is 1.10 bits per heavy atom. The van der Waals surface area contributed by atoms with Gasteiger partial charge in [0.05, 0.1) is 21.7 Å². The molecule has 0 bridgehead atoms. The van der Waals surface area contributed by atoms with Crippen molar-refractivity contribution in [3.05, 3.63) is 74.3 Å². The number of nitrogens with zero attached hydrogens (tertiary/aromatic N) is 4. The Morgan fingerprint density at radius 2 is 1.80 bits per heavy atom. The minimum Gasteiger partial charge on any atom is -0.296 e. The fourth-order valence-corrected chi connectivity index (χ4v) is 3.63. The van der Waals surface area contributed by atoms with E-state index in [1.165, 1.54) is 53.8 Å². The number of non-ortho nitro benzene ring substituents is 1. The maximum Gasteiger partial charge on any atom is 0.269 e. The van der Waals surface area contributed by atoms with Gasteiger partial charge in [-0.2, -0.15) is 0 Å². The van der Waals surface area contributed by atoms with E-state index in [-0.39, 0.29) is 28.1 Å². The van der Waals surface area contributed by atoms with E-state index >= 15 is 0 Å². The highest BCUT2D eigenvalue weighted by molar-refractivity contribution is 7.15. The first-order valence-electron chi connectivity index (χ1n) is 8.80. The molecule has 0 fully saturated rings. The topological polar surface area (TPSA) is 135 Å². The molecule has 1 N–H and O–H groups in total. The number of hydrogen-bond acceptors (Lipinski definition) is 8. The number of carbonyl (C=O) groups excluding carboxylic acids is 3. The molecule has 1 aliphatic heterocycles. The lowest BCUT2D eigenvalue weighted by Gasteiger charge is -2.13. The molecule has 0 saturated heterocycles. The molecule has 0 unspecified atom stereocenters. The number of aryl methyl sites for hydroxylation is 1. The van der Waals surface area contributed by atoms with Crippen LogP contribution >= 0.6 is 11.3 Å². The summed E-state index contributed by atoms with van der Waals surface area (Å²) in [7, 11) is 0. The van der Waals surface area contributed by atoms with E-state index in [0.29, 0.717) is 11.6 Å². The highest BCUT2D eigenvalue weighted by atomic mass is 32.1. The van der Waals surface area contributed by atoms with E-state index in [1.54, 1.807) is 0 Å². The van der Waals surface area contributed by atoms with Gasteiger partial charge in [0, 0.05) is 17.7 Å². The van der Waals surface area contributed by atoms with Crippen LogP contribution in [0.25, 0.3) is 0 Å². The number of nitrogens with one attached hydrogen (secondary N) is 1. The van der Waals surface area contributed by atoms with Gasteiger partial charge < -0.3 is 0 Å². The second-order valence-electron chi connectivity index (χ2n) is 6.29. The summed E-state index contributed by atoms with van der Waals surface area (Å²) in [5.41, 5.74) is 0.473. The van der Waals surface area contributed by atoms with Gasteiger partial charge in [0.15, 0.2) is 0 Å². The van der Waals surface area contributed by atoms with Gasteiger partial charge in [-0.15, -0.1) is 10.2 Å². The van der Waals surface area contributed by atoms with Crippen LogP contribution in [-0.4, -0.2) is 32.8 Å². The monoisotopic (exact) mass is 423 g/mol. The molecule has 2 heterocycles. The van der Waals surface area contributed by atoms with E-state index in [2.05, 4.69) is 15.5 Å². The molecule has 1 aromatic heterocycles. The normalized spacial score (nSPS) is 12.8. The van der Waals surface area contributed by atoms with Gasteiger partial charge >= 0.3 is 0 Å². The molecule has 30 heavy (non-hydrogen) atoms. The number of imide groups is 1.